The van der Waals surface area contributed by atoms with E-state index in [1.165, 1.54) is 25.9 Å². The van der Waals surface area contributed by atoms with E-state index in [2.05, 4.69) is 22.4 Å². The van der Waals surface area contributed by atoms with Gasteiger partial charge in [-0.25, -0.2) is 4.98 Å². The first kappa shape index (κ1) is 22.6. The molecule has 1 fully saturated rings. The first-order chi connectivity index (χ1) is 17.1. The highest BCUT2D eigenvalue weighted by atomic mass is 16.5. The Morgan fingerprint density at radius 3 is 2.46 bits per heavy atom. The lowest BCUT2D eigenvalue weighted by Crippen LogP contribution is -2.20. The van der Waals surface area contributed by atoms with Crippen LogP contribution in [0.5, 0.6) is 5.75 Å². The number of carbonyl (C=O) groups excluding carboxylic acids is 1. The van der Waals surface area contributed by atoms with Crippen LogP contribution in [0.3, 0.4) is 0 Å². The van der Waals surface area contributed by atoms with Gasteiger partial charge in [0.15, 0.2) is 0 Å². The van der Waals surface area contributed by atoms with Crippen LogP contribution in [-0.4, -0.2) is 42.5 Å². The molecule has 4 heterocycles. The Morgan fingerprint density at radius 1 is 1.06 bits per heavy atom. The Hall–Kier alpha value is -4.15. The number of hydrogen-bond acceptors (Lipinski definition) is 5. The predicted molar refractivity (Wildman–Crippen MR) is 137 cm³/mol. The van der Waals surface area contributed by atoms with Gasteiger partial charge in [0.2, 0.25) is 5.91 Å². The normalized spacial score (nSPS) is 14.4. The van der Waals surface area contributed by atoms with Crippen LogP contribution in [0.2, 0.25) is 0 Å². The highest BCUT2D eigenvalue weighted by Crippen LogP contribution is 2.40. The summed E-state index contributed by atoms with van der Waals surface area (Å²) in [5.41, 5.74) is 7.29. The second kappa shape index (κ2) is 9.61. The van der Waals surface area contributed by atoms with Crippen LogP contribution in [0.15, 0.2) is 61.1 Å². The van der Waals surface area contributed by atoms with Crippen LogP contribution in [0.1, 0.15) is 24.0 Å². The number of fused-ring (bicyclic) bond motifs is 2. The lowest BCUT2D eigenvalue weighted by Gasteiger charge is -2.17. The van der Waals surface area contributed by atoms with Gasteiger partial charge in [-0.15, -0.1) is 0 Å². The van der Waals surface area contributed by atoms with Crippen molar-refractivity contribution in [1.29, 1.82) is 5.26 Å². The Kier molecular flexibility index (Phi) is 6.21. The maximum atomic E-state index is 12.2. The van der Waals surface area contributed by atoms with Crippen molar-refractivity contribution in [2.24, 2.45) is 0 Å². The number of nitrogens with zero attached hydrogens (tertiary/aromatic N) is 4. The van der Waals surface area contributed by atoms with Crippen LogP contribution in [-0.2, 0) is 11.2 Å². The van der Waals surface area contributed by atoms with Crippen LogP contribution in [0.25, 0.3) is 27.9 Å². The number of carbonyl (C=O) groups is 1. The molecule has 176 valence electrons. The van der Waals surface area contributed by atoms with Crippen molar-refractivity contribution in [2.45, 2.75) is 19.3 Å². The maximum Gasteiger partial charge on any atom is 0.231 e. The molecule has 1 saturated heterocycles. The zero-order chi connectivity index (χ0) is 24.4. The molecule has 0 aliphatic carbocycles. The lowest BCUT2D eigenvalue weighted by molar-refractivity contribution is -0.117. The van der Waals surface area contributed by atoms with Gasteiger partial charge in [-0.1, -0.05) is 18.2 Å². The summed E-state index contributed by atoms with van der Waals surface area (Å²) in [5.74, 6) is 0.809. The van der Waals surface area contributed by atoms with Gasteiger partial charge >= 0.3 is 0 Å². The number of ether oxygens (including phenoxy) is 1. The summed E-state index contributed by atoms with van der Waals surface area (Å²) in [5, 5.41) is 12.4. The van der Waals surface area contributed by atoms with E-state index < -0.39 is 0 Å². The van der Waals surface area contributed by atoms with E-state index in [1.54, 1.807) is 43.7 Å². The van der Waals surface area contributed by atoms with Gasteiger partial charge in [0, 0.05) is 18.3 Å². The summed E-state index contributed by atoms with van der Waals surface area (Å²) >= 11 is 0. The number of aromatic nitrogens is 2. The van der Waals surface area contributed by atoms with E-state index in [0.29, 0.717) is 17.7 Å². The summed E-state index contributed by atoms with van der Waals surface area (Å²) in [6.07, 6.45) is 6.72. The predicted octanol–water partition coefficient (Wildman–Crippen LogP) is 4.44. The molecule has 2 aromatic carbocycles. The van der Waals surface area contributed by atoms with Gasteiger partial charge in [-0.05, 0) is 73.0 Å². The van der Waals surface area contributed by atoms with Crippen LogP contribution in [0, 0.1) is 11.3 Å². The number of benzene rings is 2. The van der Waals surface area contributed by atoms with Gasteiger partial charge in [-0.3, -0.25) is 9.20 Å². The average Bonchev–Trinajstić information content (AvgIpc) is 3.67. The van der Waals surface area contributed by atoms with Crippen molar-refractivity contribution in [3.63, 3.8) is 0 Å². The van der Waals surface area contributed by atoms with Crippen molar-refractivity contribution in [3.8, 4) is 34.2 Å². The van der Waals surface area contributed by atoms with E-state index in [4.69, 9.17) is 10.00 Å². The Bertz CT molecular complexity index is 1420. The largest absolute Gasteiger partial charge is 0.494 e. The smallest absolute Gasteiger partial charge is 0.231 e. The fourth-order valence-corrected chi connectivity index (χ4v) is 4.70. The fraction of sp³-hybridized carbons (Fsp3) is 0.250. The van der Waals surface area contributed by atoms with Crippen LogP contribution in [0.4, 0.5) is 5.69 Å². The average molecular weight is 466 g/mol. The molecular weight excluding hydrogens is 438 g/mol. The molecule has 0 spiro atoms. The number of rotatable bonds is 3. The maximum absolute atomic E-state index is 12.2. The van der Waals surface area contributed by atoms with Gasteiger partial charge in [0.05, 0.1) is 43.4 Å². The zero-order valence-corrected chi connectivity index (χ0v) is 19.9. The minimum Gasteiger partial charge on any atom is -0.494 e. The molecule has 35 heavy (non-hydrogen) atoms. The summed E-state index contributed by atoms with van der Waals surface area (Å²) < 4.78 is 7.63. The van der Waals surface area contributed by atoms with Crippen molar-refractivity contribution in [2.75, 3.05) is 32.1 Å². The number of nitrogens with one attached hydrogen (secondary N) is 1. The third-order valence-corrected chi connectivity index (χ3v) is 6.59. The van der Waals surface area contributed by atoms with Crippen LogP contribution >= 0.6 is 0 Å². The number of imidazole rings is 1. The molecule has 0 atom stereocenters. The van der Waals surface area contributed by atoms with E-state index >= 15 is 0 Å². The molecule has 0 saturated carbocycles. The van der Waals surface area contributed by atoms with Crippen molar-refractivity contribution in [3.05, 3.63) is 72.2 Å². The Morgan fingerprint density at radius 2 is 1.80 bits per heavy atom. The van der Waals surface area contributed by atoms with Gasteiger partial charge < -0.3 is 15.0 Å². The van der Waals surface area contributed by atoms with E-state index in [9.17, 15) is 4.79 Å². The number of pyridine rings is 1. The minimum absolute atomic E-state index is 0.0944. The number of likely N-dealkylation sites (N-methyl/N-ethyl adjacent to an activating group) is 1. The molecular formula is C28H27N5O2. The first-order valence-electron chi connectivity index (χ1n) is 11.7. The molecule has 2 aliphatic heterocycles. The molecule has 1 amide bonds. The molecule has 2 aromatic heterocycles. The standard InChI is InChI=1S/C24H18N4O2.C4H9N/c1-27-20-8-7-17(9-18(20)10-23(27)29)24-19(16-5-3-15(12-25)4-6-16)11-22(30-2)21-13-26-14-28(21)24;1-2-4-5-3-1/h3-9,11,13-14H,10H2,1-2H3;5H,1-4H2. The molecule has 7 heteroatoms. The van der Waals surface area contributed by atoms with Gasteiger partial charge in [0.25, 0.3) is 0 Å². The van der Waals surface area contributed by atoms with E-state index in [0.717, 1.165) is 39.2 Å². The first-order valence-corrected chi connectivity index (χ1v) is 11.7. The Balaban J connectivity index is 0.000000453. The second-order valence-corrected chi connectivity index (χ2v) is 8.74. The summed E-state index contributed by atoms with van der Waals surface area (Å²) in [6, 6.07) is 17.7. The summed E-state index contributed by atoms with van der Waals surface area (Å²) in [6.45, 7) is 2.50. The highest BCUT2D eigenvalue weighted by Gasteiger charge is 2.25. The number of nitriles is 1. The van der Waals surface area contributed by atoms with Crippen LogP contribution < -0.4 is 15.0 Å². The van der Waals surface area contributed by atoms with Gasteiger partial charge in [-0.2, -0.15) is 5.26 Å². The number of methoxy groups -OCH3 is 1. The lowest BCUT2D eigenvalue weighted by atomic mass is 9.96. The highest BCUT2D eigenvalue weighted by molar-refractivity contribution is 6.01. The monoisotopic (exact) mass is 465 g/mol. The van der Waals surface area contributed by atoms with Gasteiger partial charge in [0.1, 0.15) is 11.3 Å². The SMILES string of the molecule is C1CCNC1.COc1cc(-c2ccc(C#N)cc2)c(-c2ccc3c(c2)CC(=O)N3C)n2cncc12. The zero-order valence-electron chi connectivity index (χ0n) is 19.9. The number of amides is 1. The third-order valence-electron chi connectivity index (χ3n) is 6.59. The molecule has 0 radical (unpaired) electrons. The summed E-state index contributed by atoms with van der Waals surface area (Å²) in [4.78, 5) is 18.2. The van der Waals surface area contributed by atoms with E-state index in [1.807, 2.05) is 34.7 Å². The van der Waals surface area contributed by atoms with Crippen molar-refractivity contribution >= 4 is 17.1 Å². The van der Waals surface area contributed by atoms with Crippen molar-refractivity contribution in [1.82, 2.24) is 14.7 Å². The molecule has 0 unspecified atom stereocenters. The van der Waals surface area contributed by atoms with E-state index in [-0.39, 0.29) is 5.91 Å². The molecule has 2 aliphatic rings. The molecule has 6 rings (SSSR count). The Labute approximate surface area is 204 Å². The second-order valence-electron chi connectivity index (χ2n) is 8.74. The minimum atomic E-state index is 0.0944. The fourth-order valence-electron chi connectivity index (χ4n) is 4.70. The molecule has 4 aromatic rings. The quantitative estimate of drug-likeness (QED) is 0.484. The molecule has 1 N–H and O–H groups in total. The topological polar surface area (TPSA) is 82.7 Å². The summed E-state index contributed by atoms with van der Waals surface area (Å²) in [7, 11) is 3.44. The number of hydrogen-bond donors (Lipinski definition) is 1. The number of anilines is 1. The van der Waals surface area contributed by atoms with Crippen molar-refractivity contribution < 1.29 is 9.53 Å². The third kappa shape index (κ3) is 4.25. The molecule has 7 nitrogen and oxygen atoms in total. The molecule has 0 bridgehead atoms.